The first-order valence-electron chi connectivity index (χ1n) is 9.36. The summed E-state index contributed by atoms with van der Waals surface area (Å²) in [4.78, 5) is 44.9. The molecule has 1 aliphatic carbocycles. The minimum absolute atomic E-state index is 0.0231. The van der Waals surface area contributed by atoms with Gasteiger partial charge < -0.3 is 4.74 Å². The molecule has 0 radical (unpaired) electrons. The number of rotatable bonds is 5. The summed E-state index contributed by atoms with van der Waals surface area (Å²) >= 11 is 2.77. The molecule has 28 heavy (non-hydrogen) atoms. The maximum Gasteiger partial charge on any atom is 0.416 e. The quantitative estimate of drug-likeness (QED) is 0.321. The van der Waals surface area contributed by atoms with Gasteiger partial charge in [-0.15, -0.1) is 17.9 Å². The predicted molar refractivity (Wildman–Crippen MR) is 109 cm³/mol. The highest BCUT2D eigenvalue weighted by molar-refractivity contribution is 7.99. The first-order chi connectivity index (χ1) is 13.6. The summed E-state index contributed by atoms with van der Waals surface area (Å²) in [6, 6.07) is 0. The number of aromatic nitrogens is 2. The molecular weight excluding hydrogens is 398 g/mol. The van der Waals surface area contributed by atoms with Crippen LogP contribution >= 0.6 is 23.1 Å². The van der Waals surface area contributed by atoms with Gasteiger partial charge in [0.1, 0.15) is 11.4 Å². The van der Waals surface area contributed by atoms with Crippen LogP contribution in [0.15, 0.2) is 22.6 Å². The number of aryl methyl sites for hydroxylation is 2. The van der Waals surface area contributed by atoms with E-state index in [4.69, 9.17) is 9.72 Å². The van der Waals surface area contributed by atoms with Crippen molar-refractivity contribution in [1.29, 1.82) is 0 Å². The molecule has 0 bridgehead atoms. The number of hydrogen-bond acceptors (Lipinski definition) is 7. The van der Waals surface area contributed by atoms with Crippen LogP contribution in [0.3, 0.4) is 0 Å². The summed E-state index contributed by atoms with van der Waals surface area (Å²) in [5.41, 5.74) is 1.08. The second-order valence-electron chi connectivity index (χ2n) is 6.79. The molecule has 0 unspecified atom stereocenters. The maximum absolute atomic E-state index is 13.2. The number of thioether (sulfide) groups is 1. The van der Waals surface area contributed by atoms with Crippen molar-refractivity contribution in [3.63, 3.8) is 0 Å². The van der Waals surface area contributed by atoms with E-state index in [-0.39, 0.29) is 30.4 Å². The highest BCUT2D eigenvalue weighted by Crippen LogP contribution is 2.34. The Morgan fingerprint density at radius 3 is 2.86 bits per heavy atom. The Morgan fingerprint density at radius 1 is 1.29 bits per heavy atom. The van der Waals surface area contributed by atoms with Gasteiger partial charge in [0, 0.05) is 11.4 Å². The Balaban J connectivity index is 1.68. The lowest BCUT2D eigenvalue weighted by molar-refractivity contribution is -0.125. The molecule has 148 valence electrons. The fourth-order valence-corrected chi connectivity index (χ4v) is 5.81. The van der Waals surface area contributed by atoms with Crippen LogP contribution in [0.1, 0.15) is 29.7 Å². The van der Waals surface area contributed by atoms with E-state index in [0.29, 0.717) is 11.7 Å². The number of ether oxygens (including phenoxy) is 1. The summed E-state index contributed by atoms with van der Waals surface area (Å²) in [6.45, 7) is 4.56. The molecule has 4 rings (SSSR count). The van der Waals surface area contributed by atoms with E-state index in [0.717, 1.165) is 46.4 Å². The van der Waals surface area contributed by atoms with Crippen LogP contribution in [0, 0.1) is 0 Å². The van der Waals surface area contributed by atoms with Crippen molar-refractivity contribution in [1.82, 2.24) is 14.5 Å². The van der Waals surface area contributed by atoms with Crippen molar-refractivity contribution in [2.45, 2.75) is 43.8 Å². The number of fused-ring (bicyclic) bond motifs is 3. The van der Waals surface area contributed by atoms with Gasteiger partial charge in [-0.25, -0.2) is 14.7 Å². The fourth-order valence-electron chi connectivity index (χ4n) is 3.62. The van der Waals surface area contributed by atoms with Gasteiger partial charge in [0.05, 0.1) is 17.7 Å². The summed E-state index contributed by atoms with van der Waals surface area (Å²) in [7, 11) is 0. The normalized spacial score (nSPS) is 16.7. The molecule has 9 heteroatoms. The number of carbonyl (C=O) groups is 2. The molecule has 1 aliphatic heterocycles. The highest BCUT2D eigenvalue weighted by Gasteiger charge is 2.29. The lowest BCUT2D eigenvalue weighted by Crippen LogP contribution is -2.33. The fraction of sp³-hybridized carbons (Fsp3) is 0.474. The van der Waals surface area contributed by atoms with Crippen LogP contribution in [0.5, 0.6) is 0 Å². The average Bonchev–Trinajstić information content (AvgIpc) is 3.18. The highest BCUT2D eigenvalue weighted by atomic mass is 32.2. The third-order valence-corrected chi connectivity index (χ3v) is 7.13. The van der Waals surface area contributed by atoms with Crippen LogP contribution in [-0.4, -0.2) is 45.4 Å². The van der Waals surface area contributed by atoms with Crippen LogP contribution in [0.25, 0.3) is 10.2 Å². The Bertz CT molecular complexity index is 1010. The van der Waals surface area contributed by atoms with E-state index in [2.05, 4.69) is 6.58 Å². The number of thiophene rings is 1. The Hall–Kier alpha value is -2.13. The number of cyclic esters (lactones) is 1. The number of allylic oxidation sites excluding steroid dienone is 1. The minimum atomic E-state index is -0.612. The van der Waals surface area contributed by atoms with Crippen LogP contribution < -0.4 is 5.56 Å². The lowest BCUT2D eigenvalue weighted by Gasteiger charge is -2.13. The Labute approximate surface area is 170 Å². The molecule has 2 amide bonds. The van der Waals surface area contributed by atoms with Crippen molar-refractivity contribution in [3.8, 4) is 0 Å². The first-order valence-corrected chi connectivity index (χ1v) is 11.2. The first kappa shape index (κ1) is 19.2. The predicted octanol–water partition coefficient (Wildman–Crippen LogP) is 2.98. The SMILES string of the molecule is C=CCn1c(SCC(=O)N2CCOC2=O)nc2sc3c(c2c1=O)CCCCC3. The minimum Gasteiger partial charge on any atom is -0.447 e. The number of carbonyl (C=O) groups excluding carboxylic acids is 2. The van der Waals surface area contributed by atoms with E-state index in [1.54, 1.807) is 22.0 Å². The third kappa shape index (κ3) is 3.48. The molecule has 2 aromatic rings. The van der Waals surface area contributed by atoms with Crippen molar-refractivity contribution in [3.05, 3.63) is 33.4 Å². The van der Waals surface area contributed by atoms with E-state index in [9.17, 15) is 14.4 Å². The molecule has 1 fully saturated rings. The van der Waals surface area contributed by atoms with Crippen molar-refractivity contribution in [2.75, 3.05) is 18.9 Å². The van der Waals surface area contributed by atoms with Crippen molar-refractivity contribution in [2.24, 2.45) is 0 Å². The number of hydrogen-bond donors (Lipinski definition) is 0. The van der Waals surface area contributed by atoms with Gasteiger partial charge in [-0.2, -0.15) is 0 Å². The molecule has 7 nitrogen and oxygen atoms in total. The topological polar surface area (TPSA) is 81.5 Å². The van der Waals surface area contributed by atoms with E-state index < -0.39 is 6.09 Å². The number of nitrogens with zero attached hydrogens (tertiary/aromatic N) is 3. The Kier molecular flexibility index (Phi) is 5.54. The third-order valence-electron chi connectivity index (χ3n) is 4.99. The molecule has 2 aliphatic rings. The summed E-state index contributed by atoms with van der Waals surface area (Å²) < 4.78 is 6.39. The van der Waals surface area contributed by atoms with Gasteiger partial charge in [-0.05, 0) is 31.2 Å². The molecule has 0 saturated carbocycles. The number of imide groups is 1. The van der Waals surface area contributed by atoms with Gasteiger partial charge in [-0.1, -0.05) is 24.3 Å². The maximum atomic E-state index is 13.2. The second-order valence-corrected chi connectivity index (χ2v) is 8.82. The lowest BCUT2D eigenvalue weighted by atomic mass is 10.1. The summed E-state index contributed by atoms with van der Waals surface area (Å²) in [5.74, 6) is -0.316. The zero-order valence-electron chi connectivity index (χ0n) is 15.4. The molecule has 0 atom stereocenters. The Morgan fingerprint density at radius 2 is 2.11 bits per heavy atom. The molecule has 1 saturated heterocycles. The molecular formula is C19H21N3O4S2. The molecule has 0 aromatic carbocycles. The van der Waals surface area contributed by atoms with E-state index >= 15 is 0 Å². The molecule has 3 heterocycles. The zero-order valence-corrected chi connectivity index (χ0v) is 17.1. The zero-order chi connectivity index (χ0) is 19.7. The van der Waals surface area contributed by atoms with Crippen molar-refractivity contribution >= 4 is 45.3 Å². The molecule has 2 aromatic heterocycles. The largest absolute Gasteiger partial charge is 0.447 e. The van der Waals surface area contributed by atoms with Crippen molar-refractivity contribution < 1.29 is 14.3 Å². The van der Waals surface area contributed by atoms with E-state index in [1.807, 2.05) is 0 Å². The standard InChI is InChI=1S/C19H21N3O4S2/c1-2-8-22-17(24)15-12-6-4-3-5-7-13(12)28-16(15)20-18(22)27-11-14(23)21-9-10-26-19(21)25/h2H,1,3-11H2. The van der Waals surface area contributed by atoms with Gasteiger partial charge in [0.2, 0.25) is 5.91 Å². The monoisotopic (exact) mass is 419 g/mol. The molecule has 0 spiro atoms. The average molecular weight is 420 g/mol. The van der Waals surface area contributed by atoms with Gasteiger partial charge in [0.25, 0.3) is 5.56 Å². The molecule has 0 N–H and O–H groups in total. The van der Waals surface area contributed by atoms with Crippen LogP contribution in [0.2, 0.25) is 0 Å². The van der Waals surface area contributed by atoms with E-state index in [1.165, 1.54) is 23.1 Å². The van der Waals surface area contributed by atoms with Gasteiger partial charge in [0.15, 0.2) is 5.16 Å². The van der Waals surface area contributed by atoms with Gasteiger partial charge in [-0.3, -0.25) is 14.2 Å². The second kappa shape index (κ2) is 8.08. The number of amides is 2. The van der Waals surface area contributed by atoms with Gasteiger partial charge >= 0.3 is 6.09 Å². The smallest absolute Gasteiger partial charge is 0.416 e. The summed E-state index contributed by atoms with van der Waals surface area (Å²) in [6.07, 6.45) is 6.38. The summed E-state index contributed by atoms with van der Waals surface area (Å²) in [5, 5.41) is 1.21. The van der Waals surface area contributed by atoms with Crippen LogP contribution in [0.4, 0.5) is 4.79 Å². The van der Waals surface area contributed by atoms with Crippen LogP contribution in [-0.2, 0) is 28.9 Å².